The molecule has 0 bridgehead atoms. The topological polar surface area (TPSA) is 89.8 Å². The summed E-state index contributed by atoms with van der Waals surface area (Å²) in [6.45, 7) is 0.498. The largest absolute Gasteiger partial charge is 0.292 e. The highest BCUT2D eigenvalue weighted by atomic mass is 127. The molecule has 2 heterocycles. The molecule has 0 atom stereocenters. The highest BCUT2D eigenvalue weighted by molar-refractivity contribution is 14.1. The summed E-state index contributed by atoms with van der Waals surface area (Å²) >= 11 is 10.2. The van der Waals surface area contributed by atoms with Gasteiger partial charge < -0.3 is 0 Å². The molecule has 0 aliphatic heterocycles. The van der Waals surface area contributed by atoms with Crippen molar-refractivity contribution in [1.82, 2.24) is 19.7 Å². The van der Waals surface area contributed by atoms with Gasteiger partial charge in [-0.2, -0.15) is 0 Å². The molecule has 2 aromatic heterocycles. The van der Waals surface area contributed by atoms with Crippen LogP contribution in [0.1, 0.15) is 5.56 Å². The number of nitrogens with one attached hydrogen (secondary N) is 1. The number of fused-ring (bicyclic) bond motifs is 1. The summed E-state index contributed by atoms with van der Waals surface area (Å²) in [5.41, 5.74) is 1.53. The fourth-order valence-electron chi connectivity index (χ4n) is 2.92. The number of sulfonamides is 1. The van der Waals surface area contributed by atoms with E-state index in [-0.39, 0.29) is 5.08 Å². The number of anilines is 1. The Bertz CT molecular complexity index is 1360. The van der Waals surface area contributed by atoms with E-state index in [0.717, 1.165) is 36.1 Å². The number of benzene rings is 2. The van der Waals surface area contributed by atoms with Crippen LogP contribution in [0.15, 0.2) is 69.2 Å². The number of hydrogen-bond acceptors (Lipinski definition) is 6. The minimum absolute atomic E-state index is 0.204. The number of pyridine rings is 1. The Hall–Kier alpha value is -1.22. The second kappa shape index (κ2) is 9.73. The average Bonchev–Trinajstić information content (AvgIpc) is 3.10. The first-order valence-electron chi connectivity index (χ1n) is 8.82. The van der Waals surface area contributed by atoms with Crippen LogP contribution in [0.5, 0.6) is 0 Å². The van der Waals surface area contributed by atoms with Gasteiger partial charge in [0, 0.05) is 14.2 Å². The van der Waals surface area contributed by atoms with Gasteiger partial charge in [-0.05, 0) is 67.0 Å². The van der Waals surface area contributed by atoms with Crippen LogP contribution in [0, 0.1) is 3.57 Å². The Kier molecular flexibility index (Phi) is 7.20. The minimum atomic E-state index is -3.61. The van der Waals surface area contributed by atoms with Crippen LogP contribution in [0.3, 0.4) is 0 Å². The van der Waals surface area contributed by atoms with Gasteiger partial charge in [0.15, 0.2) is 5.16 Å². The number of nitrogens with zero attached hydrogens (tertiary/aromatic N) is 4. The molecule has 4 aromatic rings. The molecular weight excluding hydrogens is 681 g/mol. The molecule has 0 spiro atoms. The number of halogens is 3. The van der Waals surface area contributed by atoms with E-state index in [1.165, 1.54) is 6.20 Å². The molecule has 0 saturated carbocycles. The fraction of sp³-hybridized carbons (Fsp3) is 0.105. The summed E-state index contributed by atoms with van der Waals surface area (Å²) in [7, 11) is -3.61. The van der Waals surface area contributed by atoms with Crippen LogP contribution in [-0.2, 0) is 16.6 Å². The zero-order valence-corrected chi connectivity index (χ0v) is 22.6. The Labute approximate surface area is 213 Å². The van der Waals surface area contributed by atoms with Gasteiger partial charge in [0.1, 0.15) is 5.08 Å². The lowest BCUT2D eigenvalue weighted by Gasteiger charge is -2.12. The van der Waals surface area contributed by atoms with Crippen LogP contribution in [0.25, 0.3) is 10.8 Å². The first kappa shape index (κ1) is 23.0. The Morgan fingerprint density at radius 2 is 1.84 bits per heavy atom. The van der Waals surface area contributed by atoms with Crippen molar-refractivity contribution in [2.75, 3.05) is 9.81 Å². The lowest BCUT2D eigenvalue weighted by atomic mass is 10.0. The molecule has 0 amide bonds. The highest BCUT2D eigenvalue weighted by Gasteiger charge is 2.18. The fourth-order valence-corrected chi connectivity index (χ4v) is 6.69. The molecule has 160 valence electrons. The van der Waals surface area contributed by atoms with E-state index in [1.54, 1.807) is 12.3 Å². The van der Waals surface area contributed by atoms with Crippen LogP contribution >= 0.6 is 66.2 Å². The summed E-state index contributed by atoms with van der Waals surface area (Å²) in [5, 5.41) is 10.7. The van der Waals surface area contributed by atoms with Crippen molar-refractivity contribution in [3.8, 4) is 0 Å². The molecule has 12 heteroatoms. The van der Waals surface area contributed by atoms with Gasteiger partial charge in [-0.1, -0.05) is 58.0 Å². The van der Waals surface area contributed by atoms with Gasteiger partial charge in [0.2, 0.25) is 14.8 Å². The summed E-state index contributed by atoms with van der Waals surface area (Å²) < 4.78 is 31.9. The molecule has 0 aliphatic carbocycles. The van der Waals surface area contributed by atoms with Crippen molar-refractivity contribution < 1.29 is 8.42 Å². The molecule has 0 aliphatic rings. The third-order valence-electron chi connectivity index (χ3n) is 4.34. The minimum Gasteiger partial charge on any atom is -0.292 e. The van der Waals surface area contributed by atoms with Crippen molar-refractivity contribution in [2.45, 2.75) is 11.7 Å². The number of hydrogen-bond donors (Lipinski definition) is 1. The molecule has 0 unspecified atom stereocenters. The van der Waals surface area contributed by atoms with Gasteiger partial charge in [0.05, 0.1) is 18.4 Å². The maximum atomic E-state index is 12.6. The number of rotatable bonds is 7. The van der Waals surface area contributed by atoms with Gasteiger partial charge in [0.25, 0.3) is 0 Å². The molecule has 0 fully saturated rings. The zero-order chi connectivity index (χ0) is 22.0. The van der Waals surface area contributed by atoms with Gasteiger partial charge in [-0.15, -0.1) is 10.2 Å². The van der Waals surface area contributed by atoms with E-state index in [2.05, 4.69) is 86.5 Å². The van der Waals surface area contributed by atoms with E-state index >= 15 is 0 Å². The summed E-state index contributed by atoms with van der Waals surface area (Å²) in [6.07, 6.45) is 3.10. The Morgan fingerprint density at radius 1 is 1.06 bits per heavy atom. The van der Waals surface area contributed by atoms with Crippen LogP contribution in [0.4, 0.5) is 5.69 Å². The van der Waals surface area contributed by atoms with Crippen LogP contribution in [-0.4, -0.2) is 33.3 Å². The second-order valence-electron chi connectivity index (χ2n) is 6.42. The molecule has 7 nitrogen and oxygen atoms in total. The SMILES string of the molecule is O=S(=O)(CSc1nnc(Br)n1Cc1ccc(Br)c2ccccc12)Nc1cnccc1I. The third-order valence-corrected chi connectivity index (χ3v) is 9.36. The quantitative estimate of drug-likeness (QED) is 0.203. The van der Waals surface area contributed by atoms with Crippen molar-refractivity contribution >= 4 is 92.7 Å². The van der Waals surface area contributed by atoms with Crippen molar-refractivity contribution in [2.24, 2.45) is 0 Å². The summed E-state index contributed by atoms with van der Waals surface area (Å²) in [6, 6.07) is 13.9. The van der Waals surface area contributed by atoms with E-state index in [1.807, 2.05) is 28.8 Å². The molecule has 0 radical (unpaired) electrons. The monoisotopic (exact) mass is 693 g/mol. The molecule has 4 rings (SSSR count). The van der Waals surface area contributed by atoms with E-state index in [0.29, 0.717) is 22.1 Å². The maximum absolute atomic E-state index is 12.6. The average molecular weight is 695 g/mol. The van der Waals surface area contributed by atoms with E-state index in [9.17, 15) is 8.42 Å². The predicted octanol–water partition coefficient (Wildman–Crippen LogP) is 5.50. The first-order chi connectivity index (χ1) is 14.8. The molecular formula is C19H14Br2IN5O2S2. The Balaban J connectivity index is 1.55. The zero-order valence-electron chi connectivity index (χ0n) is 15.7. The van der Waals surface area contributed by atoms with Crippen molar-refractivity contribution in [3.63, 3.8) is 0 Å². The standard InChI is InChI=1S/C19H14Br2IN5O2S2/c20-15-6-5-12(13-3-1-2-4-14(13)15)10-27-18(21)24-25-19(27)30-11-31(28,29)26-17-9-23-8-7-16(17)22/h1-9,26H,10-11H2. The summed E-state index contributed by atoms with van der Waals surface area (Å²) in [5.74, 6) is 0. The lowest BCUT2D eigenvalue weighted by molar-refractivity contribution is 0.605. The van der Waals surface area contributed by atoms with Crippen molar-refractivity contribution in [3.05, 3.63) is 73.2 Å². The smallest absolute Gasteiger partial charge is 0.242 e. The van der Waals surface area contributed by atoms with E-state index in [4.69, 9.17) is 0 Å². The first-order valence-corrected chi connectivity index (χ1v) is 14.1. The molecule has 31 heavy (non-hydrogen) atoms. The van der Waals surface area contributed by atoms with E-state index < -0.39 is 10.0 Å². The summed E-state index contributed by atoms with van der Waals surface area (Å²) in [4.78, 5) is 3.97. The maximum Gasteiger partial charge on any atom is 0.242 e. The van der Waals surface area contributed by atoms with Crippen LogP contribution in [0.2, 0.25) is 0 Å². The lowest BCUT2D eigenvalue weighted by Crippen LogP contribution is -2.16. The van der Waals surface area contributed by atoms with Gasteiger partial charge in [-0.25, -0.2) is 8.42 Å². The number of aromatic nitrogens is 4. The molecule has 0 saturated heterocycles. The molecule has 2 aromatic carbocycles. The van der Waals surface area contributed by atoms with Gasteiger partial charge in [-0.3, -0.25) is 14.3 Å². The van der Waals surface area contributed by atoms with Crippen LogP contribution < -0.4 is 4.72 Å². The molecule has 1 N–H and O–H groups in total. The Morgan fingerprint density at radius 3 is 2.61 bits per heavy atom. The predicted molar refractivity (Wildman–Crippen MR) is 139 cm³/mol. The van der Waals surface area contributed by atoms with Gasteiger partial charge >= 0.3 is 0 Å². The number of thioether (sulfide) groups is 1. The highest BCUT2D eigenvalue weighted by Crippen LogP contribution is 2.30. The second-order valence-corrected chi connectivity index (χ2v) is 12.2. The normalized spacial score (nSPS) is 11.7. The third kappa shape index (κ3) is 5.41. The van der Waals surface area contributed by atoms with Crippen molar-refractivity contribution in [1.29, 1.82) is 0 Å².